The van der Waals surface area contributed by atoms with Gasteiger partial charge in [-0.2, -0.15) is 12.8 Å². The minimum Gasteiger partial charge on any atom is -0.295 e. The smallest absolute Gasteiger partial charge is 0.282 e. The quantitative estimate of drug-likeness (QED) is 0.770. The minimum absolute atomic E-state index is 0.0681. The summed E-state index contributed by atoms with van der Waals surface area (Å²) in [6, 6.07) is 6.65. The predicted molar refractivity (Wildman–Crippen MR) is 94.5 cm³/mol. The van der Waals surface area contributed by atoms with Crippen molar-refractivity contribution in [1.82, 2.24) is 0 Å². The Labute approximate surface area is 143 Å². The van der Waals surface area contributed by atoms with Crippen LogP contribution in [0.3, 0.4) is 0 Å². The van der Waals surface area contributed by atoms with Gasteiger partial charge in [-0.1, -0.05) is 28.8 Å². The summed E-state index contributed by atoms with van der Waals surface area (Å²) in [4.78, 5) is 12.4. The maximum Gasteiger partial charge on any atom is 0.282 e. The summed E-state index contributed by atoms with van der Waals surface area (Å²) in [5.74, 6) is -0.268. The fraction of sp³-hybridized carbons (Fsp3) is 0.368. The van der Waals surface area contributed by atoms with Gasteiger partial charge < -0.3 is 0 Å². The molecule has 3 rings (SSSR count). The molecule has 0 fully saturated rings. The Bertz CT molecular complexity index is 874. The summed E-state index contributed by atoms with van der Waals surface area (Å²) in [6.45, 7) is 5.99. The van der Waals surface area contributed by atoms with Crippen LogP contribution in [0.4, 0.5) is 0 Å². The molecule has 0 N–H and O–H groups in total. The van der Waals surface area contributed by atoms with Crippen molar-refractivity contribution in [3.63, 3.8) is 0 Å². The second kappa shape index (κ2) is 6.13. The molecule has 126 valence electrons. The fourth-order valence-corrected chi connectivity index (χ4v) is 4.38. The van der Waals surface area contributed by atoms with Crippen LogP contribution in [0.25, 0.3) is 0 Å². The number of ketones is 1. The highest BCUT2D eigenvalue weighted by Crippen LogP contribution is 2.38. The lowest BCUT2D eigenvalue weighted by Crippen LogP contribution is -2.35. The molecule has 2 unspecified atom stereocenters. The normalized spacial score (nSPS) is 26.0. The standard InChI is InChI=1S/C19H21NO3S/c1-12-4-6-15(7-5-12)24(22,23)20-18-8-9-19(21)17-11-14(3)13(2)10-16(17)18/h4-9,16-17H,10-11H2,1-3H3/b20-18+. The zero-order valence-electron chi connectivity index (χ0n) is 14.1. The number of hydrogen-bond acceptors (Lipinski definition) is 3. The summed E-state index contributed by atoms with van der Waals surface area (Å²) >= 11 is 0. The molecule has 0 saturated heterocycles. The molecule has 0 aromatic heterocycles. The lowest BCUT2D eigenvalue weighted by atomic mass is 9.70. The van der Waals surface area contributed by atoms with E-state index in [1.54, 1.807) is 30.3 Å². The van der Waals surface area contributed by atoms with Crippen molar-refractivity contribution < 1.29 is 13.2 Å². The lowest BCUT2D eigenvalue weighted by molar-refractivity contribution is -0.119. The Kier molecular flexibility index (Phi) is 4.30. The van der Waals surface area contributed by atoms with Gasteiger partial charge in [-0.15, -0.1) is 0 Å². The number of carbonyl (C=O) groups excluding carboxylic acids is 1. The topological polar surface area (TPSA) is 63.6 Å². The summed E-state index contributed by atoms with van der Waals surface area (Å²) < 4.78 is 29.3. The third kappa shape index (κ3) is 3.13. The number of hydrogen-bond donors (Lipinski definition) is 0. The van der Waals surface area contributed by atoms with Crippen molar-refractivity contribution >= 4 is 21.5 Å². The van der Waals surface area contributed by atoms with Gasteiger partial charge in [0.2, 0.25) is 0 Å². The van der Waals surface area contributed by atoms with Crippen molar-refractivity contribution in [2.75, 3.05) is 0 Å². The summed E-state index contributed by atoms with van der Waals surface area (Å²) in [7, 11) is -3.77. The van der Waals surface area contributed by atoms with E-state index >= 15 is 0 Å². The molecule has 4 nitrogen and oxygen atoms in total. The van der Waals surface area contributed by atoms with Gasteiger partial charge in [-0.3, -0.25) is 4.79 Å². The molecular weight excluding hydrogens is 322 g/mol. The van der Waals surface area contributed by atoms with E-state index in [0.29, 0.717) is 18.6 Å². The Morgan fingerprint density at radius 1 is 0.917 bits per heavy atom. The number of carbonyl (C=O) groups is 1. The number of rotatable bonds is 2. The Morgan fingerprint density at radius 3 is 2.12 bits per heavy atom. The molecule has 0 bridgehead atoms. The largest absolute Gasteiger partial charge is 0.295 e. The van der Waals surface area contributed by atoms with E-state index in [-0.39, 0.29) is 22.5 Å². The molecule has 2 aliphatic rings. The molecule has 1 aromatic carbocycles. The maximum absolute atomic E-state index is 12.6. The number of aryl methyl sites for hydroxylation is 1. The van der Waals surface area contributed by atoms with Gasteiger partial charge in [0.1, 0.15) is 0 Å². The van der Waals surface area contributed by atoms with Crippen LogP contribution < -0.4 is 0 Å². The third-order valence-corrected chi connectivity index (χ3v) is 6.29. The van der Waals surface area contributed by atoms with E-state index < -0.39 is 10.0 Å². The molecule has 0 radical (unpaired) electrons. The van der Waals surface area contributed by atoms with Gasteiger partial charge in [0.25, 0.3) is 10.0 Å². The zero-order valence-corrected chi connectivity index (χ0v) is 14.9. The third-order valence-electron chi connectivity index (χ3n) is 4.97. The van der Waals surface area contributed by atoms with Gasteiger partial charge >= 0.3 is 0 Å². The molecular formula is C19H21NO3S. The molecule has 0 spiro atoms. The first-order valence-corrected chi connectivity index (χ1v) is 9.50. The molecule has 0 heterocycles. The van der Waals surface area contributed by atoms with Crippen molar-refractivity contribution in [3.8, 4) is 0 Å². The Balaban J connectivity index is 2.01. The first-order valence-electron chi connectivity index (χ1n) is 8.06. The first-order chi connectivity index (χ1) is 11.3. The summed E-state index contributed by atoms with van der Waals surface area (Å²) in [5.41, 5.74) is 3.93. The van der Waals surface area contributed by atoms with Crippen LogP contribution in [0.2, 0.25) is 0 Å². The van der Waals surface area contributed by atoms with Crippen molar-refractivity contribution in [3.05, 3.63) is 53.1 Å². The predicted octanol–water partition coefficient (Wildman–Crippen LogP) is 3.63. The Hall–Kier alpha value is -2.01. The van der Waals surface area contributed by atoms with Crippen LogP contribution >= 0.6 is 0 Å². The maximum atomic E-state index is 12.6. The highest BCUT2D eigenvalue weighted by Gasteiger charge is 2.37. The van der Waals surface area contributed by atoms with Crippen LogP contribution in [-0.4, -0.2) is 19.9 Å². The van der Waals surface area contributed by atoms with Gasteiger partial charge in [0, 0.05) is 11.8 Å². The van der Waals surface area contributed by atoms with Crippen molar-refractivity contribution in [1.29, 1.82) is 0 Å². The van der Waals surface area contributed by atoms with Gasteiger partial charge in [-0.25, -0.2) is 0 Å². The molecule has 0 aliphatic heterocycles. The van der Waals surface area contributed by atoms with Crippen LogP contribution in [0.15, 0.2) is 56.9 Å². The van der Waals surface area contributed by atoms with E-state index in [0.717, 1.165) is 5.56 Å². The van der Waals surface area contributed by atoms with Gasteiger partial charge in [-0.05, 0) is 57.9 Å². The van der Waals surface area contributed by atoms with Crippen molar-refractivity contribution in [2.24, 2.45) is 16.2 Å². The lowest BCUT2D eigenvalue weighted by Gasteiger charge is -2.33. The highest BCUT2D eigenvalue weighted by molar-refractivity contribution is 7.90. The van der Waals surface area contributed by atoms with Crippen LogP contribution in [0.5, 0.6) is 0 Å². The molecule has 0 saturated carbocycles. The molecule has 2 aliphatic carbocycles. The Morgan fingerprint density at radius 2 is 1.50 bits per heavy atom. The molecule has 1 aromatic rings. The number of allylic oxidation sites excluding steroid dienone is 4. The highest BCUT2D eigenvalue weighted by atomic mass is 32.2. The van der Waals surface area contributed by atoms with Gasteiger partial charge in [0.05, 0.1) is 10.6 Å². The number of nitrogens with zero attached hydrogens (tertiary/aromatic N) is 1. The molecule has 24 heavy (non-hydrogen) atoms. The second-order valence-electron chi connectivity index (χ2n) is 6.72. The van der Waals surface area contributed by atoms with E-state index in [4.69, 9.17) is 0 Å². The van der Waals surface area contributed by atoms with E-state index in [9.17, 15) is 13.2 Å². The summed E-state index contributed by atoms with van der Waals surface area (Å²) in [6.07, 6.45) is 4.42. The zero-order chi connectivity index (χ0) is 17.5. The van der Waals surface area contributed by atoms with E-state index in [1.165, 1.54) is 17.2 Å². The number of sulfonamides is 1. The van der Waals surface area contributed by atoms with Gasteiger partial charge in [0.15, 0.2) is 5.78 Å². The van der Waals surface area contributed by atoms with Crippen molar-refractivity contribution in [2.45, 2.75) is 38.5 Å². The molecule has 0 amide bonds. The average Bonchev–Trinajstić information content (AvgIpc) is 2.52. The number of fused-ring (bicyclic) bond motifs is 1. The molecule has 5 heteroatoms. The monoisotopic (exact) mass is 343 g/mol. The molecule has 2 atom stereocenters. The van der Waals surface area contributed by atoms with E-state index in [2.05, 4.69) is 4.40 Å². The van der Waals surface area contributed by atoms with Crippen LogP contribution in [-0.2, 0) is 14.8 Å². The fourth-order valence-electron chi connectivity index (χ4n) is 3.32. The van der Waals surface area contributed by atoms with Crippen LogP contribution in [0, 0.1) is 18.8 Å². The van der Waals surface area contributed by atoms with Crippen LogP contribution in [0.1, 0.15) is 32.3 Å². The SMILES string of the molecule is CC1=C(C)CC2/C(=N/S(=O)(=O)c3ccc(C)cc3)C=CC(=O)C2C1. The average molecular weight is 343 g/mol. The first kappa shape index (κ1) is 16.8. The second-order valence-corrected chi connectivity index (χ2v) is 8.33. The minimum atomic E-state index is -3.77. The summed E-state index contributed by atoms with van der Waals surface area (Å²) in [5, 5.41) is 0. The van der Waals surface area contributed by atoms with E-state index in [1.807, 2.05) is 20.8 Å². The number of benzene rings is 1.